The molecule has 0 saturated carbocycles. The number of fused-ring (bicyclic) bond motifs is 1. The molecule has 0 saturated heterocycles. The summed E-state index contributed by atoms with van der Waals surface area (Å²) in [4.78, 5) is 1.37. The van der Waals surface area contributed by atoms with E-state index < -0.39 is 0 Å². The second-order valence-corrected chi connectivity index (χ2v) is 4.77. The fraction of sp³-hybridized carbons (Fsp3) is 0.286. The van der Waals surface area contributed by atoms with E-state index >= 15 is 0 Å². The van der Waals surface area contributed by atoms with Crippen molar-refractivity contribution >= 4 is 21.4 Å². The monoisotopic (exact) mass is 229 g/mol. The molecule has 2 heteroatoms. The number of nitrogens with one attached hydrogen (secondary N) is 1. The summed E-state index contributed by atoms with van der Waals surface area (Å²) >= 11 is 1.85. The van der Waals surface area contributed by atoms with E-state index in [4.69, 9.17) is 0 Å². The molecule has 0 bridgehead atoms. The summed E-state index contributed by atoms with van der Waals surface area (Å²) in [5.41, 5.74) is 0. The van der Waals surface area contributed by atoms with E-state index in [1.807, 2.05) is 25.3 Å². The quantitative estimate of drug-likeness (QED) is 0.793. The van der Waals surface area contributed by atoms with Crippen molar-refractivity contribution < 1.29 is 0 Å². The van der Waals surface area contributed by atoms with Crippen molar-refractivity contribution in [1.82, 2.24) is 5.32 Å². The highest BCUT2D eigenvalue weighted by Crippen LogP contribution is 2.30. The number of thiophene rings is 1. The Morgan fingerprint density at radius 2 is 2.19 bits per heavy atom. The molecule has 1 heterocycles. The van der Waals surface area contributed by atoms with Gasteiger partial charge in [-0.3, -0.25) is 0 Å². The molecule has 0 aliphatic rings. The van der Waals surface area contributed by atoms with Gasteiger partial charge in [0.25, 0.3) is 0 Å². The standard InChI is InChI=1S/C14H15NS/c1-3-4-8-12(15-2)14-10-11-7-5-6-9-13(11)16-14/h5-7,9-10,12,15H,8H2,1-2H3. The van der Waals surface area contributed by atoms with Crippen LogP contribution in [0.15, 0.2) is 30.3 Å². The first-order valence-electron chi connectivity index (χ1n) is 5.40. The Hall–Kier alpha value is -1.30. The fourth-order valence-electron chi connectivity index (χ4n) is 1.72. The van der Waals surface area contributed by atoms with Crippen LogP contribution in [0.5, 0.6) is 0 Å². The van der Waals surface area contributed by atoms with E-state index in [1.165, 1.54) is 15.0 Å². The Morgan fingerprint density at radius 1 is 1.38 bits per heavy atom. The second kappa shape index (κ2) is 5.16. The zero-order valence-corrected chi connectivity index (χ0v) is 10.4. The van der Waals surface area contributed by atoms with Gasteiger partial charge in [0, 0.05) is 16.0 Å². The van der Waals surface area contributed by atoms with Crippen LogP contribution in [-0.4, -0.2) is 7.05 Å². The molecule has 1 nitrogen and oxygen atoms in total. The van der Waals surface area contributed by atoms with Gasteiger partial charge in [-0.1, -0.05) is 18.2 Å². The topological polar surface area (TPSA) is 12.0 Å². The van der Waals surface area contributed by atoms with Gasteiger partial charge < -0.3 is 5.32 Å². The lowest BCUT2D eigenvalue weighted by Crippen LogP contribution is -2.14. The van der Waals surface area contributed by atoms with E-state index in [0.717, 1.165) is 6.42 Å². The van der Waals surface area contributed by atoms with Crippen LogP contribution >= 0.6 is 11.3 Å². The minimum absolute atomic E-state index is 0.352. The number of rotatable bonds is 3. The van der Waals surface area contributed by atoms with Gasteiger partial charge in [-0.25, -0.2) is 0 Å². The van der Waals surface area contributed by atoms with Crippen LogP contribution in [0.2, 0.25) is 0 Å². The predicted molar refractivity (Wildman–Crippen MR) is 71.7 cm³/mol. The third-order valence-electron chi connectivity index (χ3n) is 2.62. The molecule has 0 amide bonds. The van der Waals surface area contributed by atoms with E-state index in [0.29, 0.717) is 6.04 Å². The second-order valence-electron chi connectivity index (χ2n) is 3.66. The Balaban J connectivity index is 2.32. The smallest absolute Gasteiger partial charge is 0.0523 e. The van der Waals surface area contributed by atoms with Crippen LogP contribution in [0.3, 0.4) is 0 Å². The van der Waals surface area contributed by atoms with E-state index in [-0.39, 0.29) is 0 Å². The lowest BCUT2D eigenvalue weighted by molar-refractivity contribution is 0.622. The molecule has 1 atom stereocenters. The molecule has 0 spiro atoms. The van der Waals surface area contributed by atoms with Gasteiger partial charge in [0.1, 0.15) is 0 Å². The van der Waals surface area contributed by atoms with Crippen LogP contribution in [-0.2, 0) is 0 Å². The number of benzene rings is 1. The molecule has 1 aromatic heterocycles. The number of hydrogen-bond acceptors (Lipinski definition) is 2. The summed E-state index contributed by atoms with van der Waals surface area (Å²) in [6.07, 6.45) is 0.875. The van der Waals surface area contributed by atoms with Gasteiger partial charge >= 0.3 is 0 Å². The molecule has 0 aliphatic carbocycles. The molecule has 1 N–H and O–H groups in total. The van der Waals surface area contributed by atoms with Crippen molar-refractivity contribution in [3.63, 3.8) is 0 Å². The lowest BCUT2D eigenvalue weighted by Gasteiger charge is -2.09. The Kier molecular flexibility index (Phi) is 3.61. The summed E-state index contributed by atoms with van der Waals surface area (Å²) in [6, 6.07) is 11.1. The zero-order valence-electron chi connectivity index (χ0n) is 9.58. The van der Waals surface area contributed by atoms with Crippen LogP contribution in [0.25, 0.3) is 10.1 Å². The molecule has 0 aliphatic heterocycles. The first kappa shape index (κ1) is 11.2. The molecule has 16 heavy (non-hydrogen) atoms. The summed E-state index contributed by atoms with van der Waals surface area (Å²) in [5, 5.41) is 4.65. The molecule has 82 valence electrons. The fourth-order valence-corrected chi connectivity index (χ4v) is 2.90. The van der Waals surface area contributed by atoms with Crippen molar-refractivity contribution in [3.8, 4) is 11.8 Å². The summed E-state index contributed by atoms with van der Waals surface area (Å²) in [6.45, 7) is 1.89. The van der Waals surface area contributed by atoms with E-state index in [1.54, 1.807) is 0 Å². The third kappa shape index (κ3) is 2.27. The van der Waals surface area contributed by atoms with Crippen LogP contribution in [0.1, 0.15) is 24.3 Å². The van der Waals surface area contributed by atoms with Crippen LogP contribution in [0, 0.1) is 11.8 Å². The van der Waals surface area contributed by atoms with Gasteiger partial charge in [0.05, 0.1) is 6.04 Å². The van der Waals surface area contributed by atoms with Crippen molar-refractivity contribution in [3.05, 3.63) is 35.2 Å². The Bertz CT molecular complexity index is 497. The summed E-state index contributed by atoms with van der Waals surface area (Å²) in [7, 11) is 1.99. The first-order valence-corrected chi connectivity index (χ1v) is 6.22. The third-order valence-corrected chi connectivity index (χ3v) is 3.85. The van der Waals surface area contributed by atoms with Crippen molar-refractivity contribution in [2.45, 2.75) is 19.4 Å². The molecule has 1 aromatic carbocycles. The van der Waals surface area contributed by atoms with Gasteiger partial charge in [0.15, 0.2) is 0 Å². The average molecular weight is 229 g/mol. The zero-order chi connectivity index (χ0) is 11.4. The molecule has 0 radical (unpaired) electrons. The maximum atomic E-state index is 3.32. The molecular weight excluding hydrogens is 214 g/mol. The van der Waals surface area contributed by atoms with Crippen LogP contribution in [0.4, 0.5) is 0 Å². The van der Waals surface area contributed by atoms with Crippen LogP contribution < -0.4 is 5.32 Å². The summed E-state index contributed by atoms with van der Waals surface area (Å²) < 4.78 is 1.35. The minimum Gasteiger partial charge on any atom is -0.312 e. The Morgan fingerprint density at radius 3 is 2.88 bits per heavy atom. The Labute approximate surface area is 100 Å². The lowest BCUT2D eigenvalue weighted by atomic mass is 10.1. The van der Waals surface area contributed by atoms with E-state index in [2.05, 4.69) is 47.5 Å². The van der Waals surface area contributed by atoms with Gasteiger partial charge in [-0.15, -0.1) is 23.2 Å². The van der Waals surface area contributed by atoms with Crippen molar-refractivity contribution in [1.29, 1.82) is 0 Å². The summed E-state index contributed by atoms with van der Waals surface area (Å²) in [5.74, 6) is 6.09. The highest BCUT2D eigenvalue weighted by atomic mass is 32.1. The van der Waals surface area contributed by atoms with Crippen molar-refractivity contribution in [2.24, 2.45) is 0 Å². The molecule has 0 fully saturated rings. The van der Waals surface area contributed by atoms with Gasteiger partial charge in [0.2, 0.25) is 0 Å². The van der Waals surface area contributed by atoms with E-state index in [9.17, 15) is 0 Å². The highest BCUT2D eigenvalue weighted by Gasteiger charge is 2.10. The predicted octanol–water partition coefficient (Wildman–Crippen LogP) is 3.58. The average Bonchev–Trinajstić information content (AvgIpc) is 2.73. The minimum atomic E-state index is 0.352. The molecular formula is C14H15NS. The normalized spacial score (nSPS) is 12.1. The van der Waals surface area contributed by atoms with Gasteiger partial charge in [-0.2, -0.15) is 0 Å². The highest BCUT2D eigenvalue weighted by molar-refractivity contribution is 7.19. The first-order chi connectivity index (χ1) is 7.85. The molecule has 2 rings (SSSR count). The maximum Gasteiger partial charge on any atom is 0.0523 e. The SMILES string of the molecule is CC#CCC(NC)c1cc2ccccc2s1. The largest absolute Gasteiger partial charge is 0.312 e. The molecule has 1 unspecified atom stereocenters. The maximum absolute atomic E-state index is 3.32. The van der Waals surface area contributed by atoms with Crippen molar-refractivity contribution in [2.75, 3.05) is 7.05 Å². The number of hydrogen-bond donors (Lipinski definition) is 1. The molecule has 2 aromatic rings. The van der Waals surface area contributed by atoms with Gasteiger partial charge in [-0.05, 0) is 31.5 Å².